The van der Waals surface area contributed by atoms with Crippen molar-refractivity contribution in [3.05, 3.63) is 88.4 Å². The van der Waals surface area contributed by atoms with Gasteiger partial charge in [-0.05, 0) is 48.7 Å². The summed E-state index contributed by atoms with van der Waals surface area (Å²) in [5.41, 5.74) is 5.86. The average molecular weight is 572 g/mol. The molecule has 5 rings (SSSR count). The molecule has 218 valence electrons. The zero-order chi connectivity index (χ0) is 29.8. The first kappa shape index (κ1) is 28.5. The van der Waals surface area contributed by atoms with Crippen LogP contribution in [-0.4, -0.2) is 65.1 Å². The van der Waals surface area contributed by atoms with Crippen LogP contribution < -0.4 is 10.1 Å². The van der Waals surface area contributed by atoms with Gasteiger partial charge in [-0.25, -0.2) is 4.79 Å². The van der Waals surface area contributed by atoms with E-state index in [1.165, 1.54) is 16.9 Å². The number of rotatable bonds is 10. The number of carbonyl (C=O) groups is 3. The molecule has 0 atom stereocenters. The Labute approximate surface area is 243 Å². The summed E-state index contributed by atoms with van der Waals surface area (Å²) in [7, 11) is 3.17. The molecule has 3 amide bonds. The topological polar surface area (TPSA) is 130 Å². The lowest BCUT2D eigenvalue weighted by atomic mass is 10.00. The predicted molar refractivity (Wildman–Crippen MR) is 155 cm³/mol. The van der Waals surface area contributed by atoms with Gasteiger partial charge in [-0.15, -0.1) is 0 Å². The summed E-state index contributed by atoms with van der Waals surface area (Å²) in [4.78, 5) is 44.5. The summed E-state index contributed by atoms with van der Waals surface area (Å²) in [6.07, 6.45) is -0.253. The lowest BCUT2D eigenvalue weighted by Crippen LogP contribution is -2.39. The number of amides is 3. The van der Waals surface area contributed by atoms with E-state index in [0.717, 1.165) is 33.6 Å². The van der Waals surface area contributed by atoms with Crippen LogP contribution in [0.3, 0.4) is 0 Å². The molecular formula is C31H33N5O6. The maximum absolute atomic E-state index is 13.4. The molecule has 1 aliphatic heterocycles. The molecule has 0 saturated heterocycles. The number of anilines is 1. The molecule has 0 radical (unpaired) electrons. The average Bonchev–Trinajstić information content (AvgIpc) is 3.67. The SMILES string of the molecule is COc1[nH]c(C)cc1C(=O)N(C)CCN(Cc1noc(C)c1-c1ccc2c(c1)CC(=O)N2)C(=O)OCc1ccccc1. The zero-order valence-electron chi connectivity index (χ0n) is 24.0. The quantitative estimate of drug-likeness (QED) is 0.282. The van der Waals surface area contributed by atoms with Gasteiger partial charge in [0.25, 0.3) is 5.91 Å². The molecule has 0 unspecified atom stereocenters. The van der Waals surface area contributed by atoms with E-state index in [0.29, 0.717) is 29.3 Å². The Kier molecular flexibility index (Phi) is 8.28. The fourth-order valence-corrected chi connectivity index (χ4v) is 4.97. The Morgan fingerprint density at radius 3 is 2.62 bits per heavy atom. The largest absolute Gasteiger partial charge is 0.482 e. The zero-order valence-corrected chi connectivity index (χ0v) is 24.0. The monoisotopic (exact) mass is 571 g/mol. The maximum Gasteiger partial charge on any atom is 0.410 e. The Hall–Kier alpha value is -5.06. The number of methoxy groups -OCH3 is 1. The van der Waals surface area contributed by atoms with Crippen molar-refractivity contribution in [3.8, 4) is 17.0 Å². The summed E-state index contributed by atoms with van der Waals surface area (Å²) in [5.74, 6) is 0.676. The molecule has 3 heterocycles. The number of nitrogens with zero attached hydrogens (tertiary/aromatic N) is 3. The number of aryl methyl sites for hydroxylation is 2. The number of likely N-dealkylation sites (N-methyl/N-ethyl adjacent to an activating group) is 1. The van der Waals surface area contributed by atoms with Gasteiger partial charge in [0, 0.05) is 37.1 Å². The van der Waals surface area contributed by atoms with E-state index in [2.05, 4.69) is 15.5 Å². The van der Waals surface area contributed by atoms with Crippen LogP contribution in [-0.2, 0) is 29.1 Å². The Morgan fingerprint density at radius 1 is 1.07 bits per heavy atom. The van der Waals surface area contributed by atoms with Crippen molar-refractivity contribution < 1.29 is 28.4 Å². The van der Waals surface area contributed by atoms with Gasteiger partial charge in [0.2, 0.25) is 11.8 Å². The van der Waals surface area contributed by atoms with Crippen LogP contribution in [0.2, 0.25) is 0 Å². The van der Waals surface area contributed by atoms with Crippen molar-refractivity contribution >= 4 is 23.6 Å². The highest BCUT2D eigenvalue weighted by atomic mass is 16.6. The van der Waals surface area contributed by atoms with E-state index < -0.39 is 6.09 Å². The fourth-order valence-electron chi connectivity index (χ4n) is 4.97. The molecule has 11 nitrogen and oxygen atoms in total. The molecule has 0 saturated carbocycles. The van der Waals surface area contributed by atoms with Crippen molar-refractivity contribution in [3.63, 3.8) is 0 Å². The first-order valence-electron chi connectivity index (χ1n) is 13.6. The molecule has 0 bridgehead atoms. The van der Waals surface area contributed by atoms with E-state index in [1.807, 2.05) is 55.5 Å². The number of H-pyrrole nitrogens is 1. The molecule has 0 aliphatic carbocycles. The van der Waals surface area contributed by atoms with Crippen LogP contribution in [0.25, 0.3) is 11.1 Å². The number of aromatic amines is 1. The van der Waals surface area contributed by atoms with E-state index in [1.54, 1.807) is 20.0 Å². The van der Waals surface area contributed by atoms with Gasteiger partial charge in [0.15, 0.2) is 0 Å². The van der Waals surface area contributed by atoms with Crippen molar-refractivity contribution in [1.82, 2.24) is 19.9 Å². The highest BCUT2D eigenvalue weighted by molar-refractivity contribution is 6.00. The molecule has 0 fully saturated rings. The van der Waals surface area contributed by atoms with Gasteiger partial charge in [-0.2, -0.15) is 0 Å². The van der Waals surface area contributed by atoms with Crippen LogP contribution in [0.1, 0.15) is 38.6 Å². The highest BCUT2D eigenvalue weighted by Crippen LogP contribution is 2.33. The minimum atomic E-state index is -0.551. The lowest BCUT2D eigenvalue weighted by molar-refractivity contribution is -0.115. The molecule has 42 heavy (non-hydrogen) atoms. The van der Waals surface area contributed by atoms with Crippen LogP contribution >= 0.6 is 0 Å². The van der Waals surface area contributed by atoms with Crippen LogP contribution in [0, 0.1) is 13.8 Å². The van der Waals surface area contributed by atoms with Crippen LogP contribution in [0.4, 0.5) is 10.5 Å². The van der Waals surface area contributed by atoms with E-state index >= 15 is 0 Å². The first-order chi connectivity index (χ1) is 20.2. The van der Waals surface area contributed by atoms with Gasteiger partial charge in [-0.3, -0.25) is 9.59 Å². The van der Waals surface area contributed by atoms with Gasteiger partial charge >= 0.3 is 6.09 Å². The third-order valence-electron chi connectivity index (χ3n) is 7.16. The molecule has 1 aliphatic rings. The Balaban J connectivity index is 1.36. The standard InChI is InChI=1S/C31H33N5O6/c1-19-14-24(29(32-19)40-4)30(38)35(3)12-13-36(31(39)41-18-21-8-6-5-7-9-21)17-26-28(20(2)42-34-26)22-10-11-25-23(15-22)16-27(37)33-25/h5-11,14-15,32H,12-13,16-18H2,1-4H3,(H,33,37). The number of nitrogens with one attached hydrogen (secondary N) is 2. The van der Waals surface area contributed by atoms with Gasteiger partial charge < -0.3 is 34.1 Å². The first-order valence-corrected chi connectivity index (χ1v) is 13.6. The van der Waals surface area contributed by atoms with Crippen molar-refractivity contribution in [2.75, 3.05) is 32.6 Å². The highest BCUT2D eigenvalue weighted by Gasteiger charge is 2.26. The van der Waals surface area contributed by atoms with Crippen molar-refractivity contribution in [2.24, 2.45) is 0 Å². The molecule has 2 aromatic heterocycles. The second-order valence-corrected chi connectivity index (χ2v) is 10.2. The van der Waals surface area contributed by atoms with Gasteiger partial charge in [-0.1, -0.05) is 41.6 Å². The van der Waals surface area contributed by atoms with Crippen molar-refractivity contribution in [2.45, 2.75) is 33.4 Å². The second kappa shape index (κ2) is 12.2. The maximum atomic E-state index is 13.4. The number of hydrogen-bond acceptors (Lipinski definition) is 7. The molecule has 2 N–H and O–H groups in total. The normalized spacial score (nSPS) is 12.0. The summed E-state index contributed by atoms with van der Waals surface area (Å²) >= 11 is 0. The van der Waals surface area contributed by atoms with Crippen molar-refractivity contribution in [1.29, 1.82) is 0 Å². The van der Waals surface area contributed by atoms with E-state index in [4.69, 9.17) is 14.0 Å². The minimum absolute atomic E-state index is 0.0529. The summed E-state index contributed by atoms with van der Waals surface area (Å²) in [6.45, 7) is 4.24. The van der Waals surface area contributed by atoms with E-state index in [9.17, 15) is 14.4 Å². The third-order valence-corrected chi connectivity index (χ3v) is 7.16. The minimum Gasteiger partial charge on any atom is -0.482 e. The van der Waals surface area contributed by atoms with E-state index in [-0.39, 0.29) is 38.1 Å². The number of carbonyl (C=O) groups excluding carboxylic acids is 3. The molecule has 2 aromatic carbocycles. The van der Waals surface area contributed by atoms with Crippen LogP contribution in [0.15, 0.2) is 59.1 Å². The lowest BCUT2D eigenvalue weighted by Gasteiger charge is -2.25. The Morgan fingerprint density at radius 2 is 1.86 bits per heavy atom. The third kappa shape index (κ3) is 6.14. The molecule has 4 aromatic rings. The number of hydrogen-bond donors (Lipinski definition) is 2. The van der Waals surface area contributed by atoms with Gasteiger partial charge in [0.05, 0.1) is 20.1 Å². The number of aromatic nitrogens is 2. The molecule has 11 heteroatoms. The summed E-state index contributed by atoms with van der Waals surface area (Å²) < 4.78 is 16.5. The fraction of sp³-hybridized carbons (Fsp3) is 0.290. The number of fused-ring (bicyclic) bond motifs is 1. The number of benzene rings is 2. The summed E-state index contributed by atoms with van der Waals surface area (Å²) in [6, 6.07) is 16.8. The van der Waals surface area contributed by atoms with Gasteiger partial charge in [0.1, 0.15) is 23.6 Å². The molecular weight excluding hydrogens is 538 g/mol. The Bertz CT molecular complexity index is 1610. The molecule has 0 spiro atoms. The number of ether oxygens (including phenoxy) is 2. The smallest absolute Gasteiger partial charge is 0.410 e. The predicted octanol–water partition coefficient (Wildman–Crippen LogP) is 4.70. The summed E-state index contributed by atoms with van der Waals surface area (Å²) in [5, 5.41) is 7.11. The van der Waals surface area contributed by atoms with Crippen LogP contribution in [0.5, 0.6) is 5.88 Å². The second-order valence-electron chi connectivity index (χ2n) is 10.2.